The van der Waals surface area contributed by atoms with Gasteiger partial charge < -0.3 is 4.74 Å². The van der Waals surface area contributed by atoms with Gasteiger partial charge in [0, 0.05) is 17.4 Å². The summed E-state index contributed by atoms with van der Waals surface area (Å²) in [5.74, 6) is 0.887. The van der Waals surface area contributed by atoms with Gasteiger partial charge in [0.05, 0.1) is 18.5 Å². The van der Waals surface area contributed by atoms with Crippen molar-refractivity contribution in [1.82, 2.24) is 0 Å². The van der Waals surface area contributed by atoms with Gasteiger partial charge >= 0.3 is 0 Å². The second-order valence-corrected chi connectivity index (χ2v) is 5.26. The normalized spacial score (nSPS) is 12.5. The third-order valence-corrected chi connectivity index (χ3v) is 3.98. The fraction of sp³-hybridized carbons (Fsp3) is 0.105. The van der Waals surface area contributed by atoms with E-state index in [1.165, 1.54) is 21.9 Å². The molecule has 0 saturated carbocycles. The van der Waals surface area contributed by atoms with Gasteiger partial charge in [0.1, 0.15) is 5.75 Å². The summed E-state index contributed by atoms with van der Waals surface area (Å²) in [5, 5.41) is 2.54. The zero-order valence-electron chi connectivity index (χ0n) is 11.8. The van der Waals surface area contributed by atoms with Crippen LogP contribution in [0.3, 0.4) is 0 Å². The Morgan fingerprint density at radius 1 is 0.905 bits per heavy atom. The first-order valence-electron chi connectivity index (χ1n) is 7.08. The second-order valence-electron chi connectivity index (χ2n) is 5.26. The fourth-order valence-corrected chi connectivity index (χ4v) is 2.93. The molecular formula is C19H15NO. The number of aliphatic imine (C=N–C) groups is 1. The molecule has 0 amide bonds. The monoisotopic (exact) mass is 273 g/mol. The van der Waals surface area contributed by atoms with E-state index in [4.69, 9.17) is 9.73 Å². The molecule has 21 heavy (non-hydrogen) atoms. The molecule has 0 spiro atoms. The Kier molecular flexibility index (Phi) is 2.74. The van der Waals surface area contributed by atoms with Gasteiger partial charge in [-0.05, 0) is 29.1 Å². The number of nitrogens with zero attached hydrogens (tertiary/aromatic N) is 1. The summed E-state index contributed by atoms with van der Waals surface area (Å²) in [7, 11) is 1.69. The Bertz CT molecular complexity index is 842. The third kappa shape index (κ3) is 2.00. The minimum atomic E-state index is 0.845. The number of methoxy groups -OCH3 is 1. The van der Waals surface area contributed by atoms with Crippen LogP contribution in [0.5, 0.6) is 5.75 Å². The van der Waals surface area contributed by atoms with Gasteiger partial charge in [0.2, 0.25) is 0 Å². The van der Waals surface area contributed by atoms with Crippen molar-refractivity contribution in [3.8, 4) is 5.75 Å². The van der Waals surface area contributed by atoms with Crippen LogP contribution in [0.25, 0.3) is 10.8 Å². The molecule has 0 saturated heterocycles. The molecule has 4 rings (SSSR count). The van der Waals surface area contributed by atoms with E-state index in [-0.39, 0.29) is 0 Å². The zero-order valence-corrected chi connectivity index (χ0v) is 11.8. The third-order valence-electron chi connectivity index (χ3n) is 3.98. The van der Waals surface area contributed by atoms with E-state index in [9.17, 15) is 0 Å². The lowest BCUT2D eigenvalue weighted by Gasteiger charge is -2.05. The van der Waals surface area contributed by atoms with Gasteiger partial charge in [-0.1, -0.05) is 42.5 Å². The van der Waals surface area contributed by atoms with Crippen molar-refractivity contribution in [1.29, 1.82) is 0 Å². The molecule has 2 nitrogen and oxygen atoms in total. The number of ether oxygens (including phenoxy) is 1. The van der Waals surface area contributed by atoms with E-state index >= 15 is 0 Å². The Hall–Kier alpha value is -2.61. The molecule has 3 aromatic carbocycles. The Morgan fingerprint density at radius 3 is 2.43 bits per heavy atom. The molecule has 1 aliphatic rings. The van der Waals surface area contributed by atoms with E-state index in [2.05, 4.69) is 48.5 Å². The SMILES string of the molecule is COc1ccc(CC2=Nc3cccc4cccc2c34)cc1. The molecule has 0 N–H and O–H groups in total. The smallest absolute Gasteiger partial charge is 0.118 e. The molecule has 3 aromatic rings. The van der Waals surface area contributed by atoms with Crippen LogP contribution in [0.15, 0.2) is 65.7 Å². The molecule has 1 heterocycles. The molecule has 2 heteroatoms. The van der Waals surface area contributed by atoms with Crippen molar-refractivity contribution in [2.24, 2.45) is 4.99 Å². The fourth-order valence-electron chi connectivity index (χ4n) is 2.93. The van der Waals surface area contributed by atoms with Crippen LogP contribution in [0, 0.1) is 0 Å². The predicted molar refractivity (Wildman–Crippen MR) is 86.8 cm³/mol. The minimum absolute atomic E-state index is 0.845. The average Bonchev–Trinajstić information content (AvgIpc) is 2.89. The quantitative estimate of drug-likeness (QED) is 0.687. The molecule has 0 unspecified atom stereocenters. The van der Waals surface area contributed by atoms with Gasteiger partial charge in [-0.25, -0.2) is 0 Å². The molecule has 0 atom stereocenters. The summed E-state index contributed by atoms with van der Waals surface area (Å²) in [6, 6.07) is 20.9. The van der Waals surface area contributed by atoms with Crippen molar-refractivity contribution in [2.75, 3.05) is 7.11 Å². The van der Waals surface area contributed by atoms with Crippen LogP contribution < -0.4 is 4.74 Å². The highest BCUT2D eigenvalue weighted by Gasteiger charge is 2.17. The Labute approximate surface area is 123 Å². The molecule has 0 fully saturated rings. The lowest BCUT2D eigenvalue weighted by atomic mass is 9.98. The van der Waals surface area contributed by atoms with E-state index in [0.717, 1.165) is 23.6 Å². The largest absolute Gasteiger partial charge is 0.497 e. The summed E-state index contributed by atoms with van der Waals surface area (Å²) >= 11 is 0. The van der Waals surface area contributed by atoms with Gasteiger partial charge in [-0.15, -0.1) is 0 Å². The van der Waals surface area contributed by atoms with Crippen LogP contribution >= 0.6 is 0 Å². The summed E-state index contributed by atoms with van der Waals surface area (Å²) in [5.41, 5.74) is 4.75. The molecule has 102 valence electrons. The lowest BCUT2D eigenvalue weighted by molar-refractivity contribution is 0.414. The molecular weight excluding hydrogens is 258 g/mol. The maximum atomic E-state index is 5.21. The molecule has 0 aromatic heterocycles. The lowest BCUT2D eigenvalue weighted by Crippen LogP contribution is -2.02. The van der Waals surface area contributed by atoms with Crippen LogP contribution in [-0.4, -0.2) is 12.8 Å². The van der Waals surface area contributed by atoms with Crippen molar-refractivity contribution in [3.05, 3.63) is 71.8 Å². The predicted octanol–water partition coefficient (Wildman–Crippen LogP) is 4.53. The first kappa shape index (κ1) is 12.2. The average molecular weight is 273 g/mol. The second kappa shape index (κ2) is 4.74. The number of hydrogen-bond donors (Lipinski definition) is 0. The van der Waals surface area contributed by atoms with Crippen molar-refractivity contribution >= 4 is 22.2 Å². The van der Waals surface area contributed by atoms with Crippen LogP contribution in [0.2, 0.25) is 0 Å². The molecule has 0 radical (unpaired) electrons. The summed E-state index contributed by atoms with van der Waals surface area (Å²) < 4.78 is 5.21. The minimum Gasteiger partial charge on any atom is -0.497 e. The van der Waals surface area contributed by atoms with Crippen LogP contribution in [0.4, 0.5) is 5.69 Å². The summed E-state index contributed by atoms with van der Waals surface area (Å²) in [4.78, 5) is 4.82. The van der Waals surface area contributed by atoms with Crippen molar-refractivity contribution in [2.45, 2.75) is 6.42 Å². The van der Waals surface area contributed by atoms with E-state index in [1.54, 1.807) is 7.11 Å². The van der Waals surface area contributed by atoms with Gasteiger partial charge in [0.15, 0.2) is 0 Å². The molecule has 1 aliphatic heterocycles. The maximum Gasteiger partial charge on any atom is 0.118 e. The van der Waals surface area contributed by atoms with Crippen LogP contribution in [-0.2, 0) is 6.42 Å². The number of rotatable bonds is 3. The highest BCUT2D eigenvalue weighted by Crippen LogP contribution is 2.36. The van der Waals surface area contributed by atoms with Crippen LogP contribution in [0.1, 0.15) is 11.1 Å². The van der Waals surface area contributed by atoms with Gasteiger partial charge in [0.25, 0.3) is 0 Å². The summed E-state index contributed by atoms with van der Waals surface area (Å²) in [6.07, 6.45) is 0.845. The highest BCUT2D eigenvalue weighted by molar-refractivity contribution is 6.20. The molecule has 0 aliphatic carbocycles. The van der Waals surface area contributed by atoms with Crippen molar-refractivity contribution in [3.63, 3.8) is 0 Å². The van der Waals surface area contributed by atoms with Gasteiger partial charge in [-0.2, -0.15) is 0 Å². The van der Waals surface area contributed by atoms with E-state index < -0.39 is 0 Å². The first-order chi connectivity index (χ1) is 10.3. The first-order valence-corrected chi connectivity index (χ1v) is 7.08. The van der Waals surface area contributed by atoms with Crippen molar-refractivity contribution < 1.29 is 4.74 Å². The zero-order chi connectivity index (χ0) is 14.2. The Balaban J connectivity index is 1.73. The van der Waals surface area contributed by atoms with Gasteiger partial charge in [-0.3, -0.25) is 4.99 Å². The standard InChI is InChI=1S/C19H15NO/c1-21-15-10-8-13(9-11-15)12-18-16-6-2-4-14-5-3-7-17(20-18)19(14)16/h2-11H,12H2,1H3. The number of benzene rings is 3. The maximum absolute atomic E-state index is 5.21. The number of hydrogen-bond acceptors (Lipinski definition) is 2. The topological polar surface area (TPSA) is 21.6 Å². The van der Waals surface area contributed by atoms with E-state index in [0.29, 0.717) is 0 Å². The summed E-state index contributed by atoms with van der Waals surface area (Å²) in [6.45, 7) is 0. The van der Waals surface area contributed by atoms with E-state index in [1.807, 2.05) is 12.1 Å². The Morgan fingerprint density at radius 2 is 1.67 bits per heavy atom. The molecule has 0 bridgehead atoms. The highest BCUT2D eigenvalue weighted by atomic mass is 16.5.